The van der Waals surface area contributed by atoms with Gasteiger partial charge in [0.15, 0.2) is 0 Å². The van der Waals surface area contributed by atoms with E-state index in [1.54, 1.807) is 0 Å². The summed E-state index contributed by atoms with van der Waals surface area (Å²) in [4.78, 5) is 5.06. The molecule has 2 aliphatic heterocycles. The van der Waals surface area contributed by atoms with E-state index >= 15 is 0 Å². The fourth-order valence-electron chi connectivity index (χ4n) is 3.69. The fourth-order valence-corrected chi connectivity index (χ4v) is 3.69. The molecule has 0 saturated carbocycles. The van der Waals surface area contributed by atoms with E-state index in [1.807, 2.05) is 0 Å². The Hall–Kier alpha value is -1.22. The van der Waals surface area contributed by atoms with Gasteiger partial charge in [-0.05, 0) is 62.9 Å². The summed E-state index contributed by atoms with van der Waals surface area (Å²) < 4.78 is 0. The predicted molar refractivity (Wildman–Crippen MR) is 91.4 cm³/mol. The lowest BCUT2D eigenvalue weighted by atomic mass is 9.97. The van der Waals surface area contributed by atoms with Gasteiger partial charge in [0, 0.05) is 43.6 Å². The van der Waals surface area contributed by atoms with Crippen molar-refractivity contribution in [1.82, 2.24) is 4.90 Å². The van der Waals surface area contributed by atoms with E-state index in [0.29, 0.717) is 12.1 Å². The number of hydrogen-bond donors (Lipinski definition) is 1. The molecule has 1 saturated heterocycles. The maximum atomic E-state index is 3.59. The molecule has 3 rings (SSSR count). The predicted octanol–water partition coefficient (Wildman–Crippen LogP) is 3.35. The van der Waals surface area contributed by atoms with Gasteiger partial charge in [-0.15, -0.1) is 0 Å². The minimum atomic E-state index is 0.611. The van der Waals surface area contributed by atoms with Gasteiger partial charge in [0.2, 0.25) is 0 Å². The molecule has 2 aliphatic rings. The summed E-state index contributed by atoms with van der Waals surface area (Å²) in [5.41, 5.74) is 4.22. The van der Waals surface area contributed by atoms with Gasteiger partial charge in [0.25, 0.3) is 0 Å². The zero-order valence-corrected chi connectivity index (χ0v) is 13.7. The molecular formula is C18H29N3. The molecule has 0 radical (unpaired) electrons. The highest BCUT2D eigenvalue weighted by atomic mass is 15.2. The lowest BCUT2D eigenvalue weighted by Gasteiger charge is -2.38. The fraction of sp³-hybridized carbons (Fsp3) is 0.667. The van der Waals surface area contributed by atoms with Gasteiger partial charge in [-0.3, -0.25) is 0 Å². The van der Waals surface area contributed by atoms with E-state index in [2.05, 4.69) is 54.2 Å². The Morgan fingerprint density at radius 3 is 2.71 bits per heavy atom. The van der Waals surface area contributed by atoms with Gasteiger partial charge < -0.3 is 15.1 Å². The second-order valence-corrected chi connectivity index (χ2v) is 6.70. The molecule has 0 aliphatic carbocycles. The minimum Gasteiger partial charge on any atom is -0.382 e. The molecule has 0 aromatic heterocycles. The van der Waals surface area contributed by atoms with Crippen molar-refractivity contribution in [3.8, 4) is 0 Å². The Bertz CT molecular complexity index is 477. The zero-order chi connectivity index (χ0) is 14.8. The molecule has 1 unspecified atom stereocenters. The Kier molecular flexibility index (Phi) is 4.39. The summed E-state index contributed by atoms with van der Waals surface area (Å²) in [5.74, 6) is 0. The van der Waals surface area contributed by atoms with Gasteiger partial charge in [0.05, 0.1) is 0 Å². The molecule has 116 valence electrons. The van der Waals surface area contributed by atoms with Gasteiger partial charge >= 0.3 is 0 Å². The molecule has 0 amide bonds. The number of likely N-dealkylation sites (tertiary alicyclic amines) is 1. The molecule has 1 aromatic rings. The van der Waals surface area contributed by atoms with E-state index < -0.39 is 0 Å². The maximum Gasteiger partial charge on any atom is 0.0376 e. The Balaban J connectivity index is 1.69. The second-order valence-electron chi connectivity index (χ2n) is 6.70. The lowest BCUT2D eigenvalue weighted by Crippen LogP contribution is -2.43. The van der Waals surface area contributed by atoms with Crippen molar-refractivity contribution in [2.75, 3.05) is 36.9 Å². The SMILES string of the molecule is CCN1CCC(N(C)c2ccc3c(c2)CCC(C)N3)CC1. The third kappa shape index (κ3) is 3.18. The number of nitrogens with zero attached hydrogens (tertiary/aromatic N) is 2. The van der Waals surface area contributed by atoms with Crippen LogP contribution in [-0.4, -0.2) is 43.7 Å². The molecule has 0 bridgehead atoms. The van der Waals surface area contributed by atoms with Crippen LogP contribution >= 0.6 is 0 Å². The van der Waals surface area contributed by atoms with Gasteiger partial charge in [0.1, 0.15) is 0 Å². The van der Waals surface area contributed by atoms with Crippen molar-refractivity contribution >= 4 is 11.4 Å². The first kappa shape index (κ1) is 14.7. The van der Waals surface area contributed by atoms with E-state index in [4.69, 9.17) is 0 Å². The Morgan fingerprint density at radius 2 is 2.00 bits per heavy atom. The normalized spacial score (nSPS) is 23.5. The number of benzene rings is 1. The van der Waals surface area contributed by atoms with Crippen LogP contribution in [0.3, 0.4) is 0 Å². The van der Waals surface area contributed by atoms with Crippen molar-refractivity contribution in [3.63, 3.8) is 0 Å². The molecule has 3 nitrogen and oxygen atoms in total. The summed E-state index contributed by atoms with van der Waals surface area (Å²) in [6.07, 6.45) is 5.03. The molecular weight excluding hydrogens is 258 g/mol. The molecule has 1 fully saturated rings. The van der Waals surface area contributed by atoms with Crippen LogP contribution in [-0.2, 0) is 6.42 Å². The highest BCUT2D eigenvalue weighted by Crippen LogP contribution is 2.30. The largest absolute Gasteiger partial charge is 0.382 e. The van der Waals surface area contributed by atoms with E-state index in [-0.39, 0.29) is 0 Å². The Morgan fingerprint density at radius 1 is 1.24 bits per heavy atom. The second kappa shape index (κ2) is 6.27. The van der Waals surface area contributed by atoms with Crippen molar-refractivity contribution in [2.45, 2.75) is 51.6 Å². The smallest absolute Gasteiger partial charge is 0.0376 e. The molecule has 1 aromatic carbocycles. The lowest BCUT2D eigenvalue weighted by molar-refractivity contribution is 0.221. The van der Waals surface area contributed by atoms with Crippen molar-refractivity contribution < 1.29 is 0 Å². The van der Waals surface area contributed by atoms with Crippen molar-refractivity contribution in [3.05, 3.63) is 23.8 Å². The van der Waals surface area contributed by atoms with E-state index in [0.717, 1.165) is 0 Å². The topological polar surface area (TPSA) is 18.5 Å². The van der Waals surface area contributed by atoms with Crippen LogP contribution in [0.15, 0.2) is 18.2 Å². The van der Waals surface area contributed by atoms with Crippen LogP contribution in [0, 0.1) is 0 Å². The minimum absolute atomic E-state index is 0.611. The Labute approximate surface area is 129 Å². The quantitative estimate of drug-likeness (QED) is 0.919. The first-order valence-corrected chi connectivity index (χ1v) is 8.52. The number of hydrogen-bond acceptors (Lipinski definition) is 3. The molecule has 1 atom stereocenters. The first-order chi connectivity index (χ1) is 10.2. The summed E-state index contributed by atoms with van der Waals surface area (Å²) >= 11 is 0. The standard InChI is InChI=1S/C18H29N3/c1-4-21-11-9-16(10-12-21)20(3)17-7-8-18-15(13-17)6-5-14(2)19-18/h7-8,13-14,16,19H,4-6,9-12H2,1-3H3. The van der Waals surface area contributed by atoms with Crippen LogP contribution in [0.5, 0.6) is 0 Å². The summed E-state index contributed by atoms with van der Waals surface area (Å²) in [6, 6.07) is 8.27. The number of nitrogens with one attached hydrogen (secondary N) is 1. The highest BCUT2D eigenvalue weighted by Gasteiger charge is 2.23. The molecule has 0 spiro atoms. The third-order valence-electron chi connectivity index (χ3n) is 5.30. The van der Waals surface area contributed by atoms with Crippen LogP contribution in [0.25, 0.3) is 0 Å². The van der Waals surface area contributed by atoms with Gasteiger partial charge in [-0.2, -0.15) is 0 Å². The van der Waals surface area contributed by atoms with Crippen LogP contribution in [0.1, 0.15) is 38.7 Å². The maximum absolute atomic E-state index is 3.59. The zero-order valence-electron chi connectivity index (χ0n) is 13.7. The molecule has 3 heteroatoms. The number of anilines is 2. The van der Waals surface area contributed by atoms with E-state index in [1.165, 1.54) is 62.3 Å². The summed E-state index contributed by atoms with van der Waals surface area (Å²) in [7, 11) is 2.27. The number of piperidine rings is 1. The number of aryl methyl sites for hydroxylation is 1. The van der Waals surface area contributed by atoms with Crippen LogP contribution < -0.4 is 10.2 Å². The molecule has 1 N–H and O–H groups in total. The van der Waals surface area contributed by atoms with Crippen LogP contribution in [0.2, 0.25) is 0 Å². The van der Waals surface area contributed by atoms with Crippen molar-refractivity contribution in [1.29, 1.82) is 0 Å². The van der Waals surface area contributed by atoms with Gasteiger partial charge in [-0.25, -0.2) is 0 Å². The van der Waals surface area contributed by atoms with Crippen molar-refractivity contribution in [2.24, 2.45) is 0 Å². The molecule has 2 heterocycles. The monoisotopic (exact) mass is 287 g/mol. The third-order valence-corrected chi connectivity index (χ3v) is 5.30. The number of rotatable bonds is 3. The van der Waals surface area contributed by atoms with Crippen LogP contribution in [0.4, 0.5) is 11.4 Å². The number of fused-ring (bicyclic) bond motifs is 1. The summed E-state index contributed by atoms with van der Waals surface area (Å²) in [6.45, 7) is 8.22. The van der Waals surface area contributed by atoms with Gasteiger partial charge in [-0.1, -0.05) is 6.92 Å². The first-order valence-electron chi connectivity index (χ1n) is 8.52. The average Bonchev–Trinajstić information content (AvgIpc) is 2.53. The van der Waals surface area contributed by atoms with E-state index in [9.17, 15) is 0 Å². The summed E-state index contributed by atoms with van der Waals surface area (Å²) in [5, 5.41) is 3.59. The average molecular weight is 287 g/mol. The molecule has 21 heavy (non-hydrogen) atoms. The highest BCUT2D eigenvalue weighted by molar-refractivity contribution is 5.62.